The van der Waals surface area contributed by atoms with Crippen LogP contribution in [0.15, 0.2) is 66.7 Å². The summed E-state index contributed by atoms with van der Waals surface area (Å²) in [6.45, 7) is 0.959. The van der Waals surface area contributed by atoms with Crippen molar-refractivity contribution in [1.29, 1.82) is 0 Å². The van der Waals surface area contributed by atoms with Gasteiger partial charge in [-0.3, -0.25) is 4.79 Å². The number of benzene rings is 3. The smallest absolute Gasteiger partial charge is 0.211 e. The molecule has 174 valence electrons. The lowest BCUT2D eigenvalue weighted by Gasteiger charge is -2.14. The largest absolute Gasteiger partial charge is 0.506 e. The third-order valence-corrected chi connectivity index (χ3v) is 5.11. The topological polar surface area (TPSA) is 111 Å². The van der Waals surface area contributed by atoms with E-state index in [0.717, 1.165) is 12.0 Å². The van der Waals surface area contributed by atoms with Crippen molar-refractivity contribution in [3.8, 4) is 11.5 Å². The second-order valence-electron chi connectivity index (χ2n) is 7.53. The molecule has 0 fully saturated rings. The molecule has 0 aliphatic carbocycles. The van der Waals surface area contributed by atoms with Gasteiger partial charge in [-0.2, -0.15) is 0 Å². The number of phenolic OH excluding ortho intramolecular Hbond substituents is 1. The summed E-state index contributed by atoms with van der Waals surface area (Å²) in [5, 5.41) is 35.7. The summed E-state index contributed by atoms with van der Waals surface area (Å²) >= 11 is 0. The molecular weight excluding hydrogens is 427 g/mol. The average molecular weight is 454 g/mol. The summed E-state index contributed by atoms with van der Waals surface area (Å²) < 4.78 is 18.9. The van der Waals surface area contributed by atoms with Gasteiger partial charge in [0.15, 0.2) is 0 Å². The molecular formula is C25H27FN2O5. The zero-order chi connectivity index (χ0) is 23.6. The molecule has 3 aromatic carbocycles. The normalized spacial score (nSPS) is 12.7. The summed E-state index contributed by atoms with van der Waals surface area (Å²) in [4.78, 5) is 10.6. The van der Waals surface area contributed by atoms with Gasteiger partial charge in [0.05, 0.1) is 11.8 Å². The van der Waals surface area contributed by atoms with Gasteiger partial charge in [-0.25, -0.2) is 4.39 Å². The lowest BCUT2D eigenvalue weighted by molar-refractivity contribution is -0.105. The number of anilines is 1. The van der Waals surface area contributed by atoms with Crippen molar-refractivity contribution in [2.24, 2.45) is 0 Å². The number of rotatable bonds is 12. The van der Waals surface area contributed by atoms with E-state index in [1.165, 1.54) is 24.3 Å². The van der Waals surface area contributed by atoms with Crippen LogP contribution in [0.5, 0.6) is 11.5 Å². The van der Waals surface area contributed by atoms with Gasteiger partial charge < -0.3 is 30.7 Å². The van der Waals surface area contributed by atoms with E-state index in [0.29, 0.717) is 36.4 Å². The molecule has 7 nitrogen and oxygen atoms in total. The molecule has 33 heavy (non-hydrogen) atoms. The number of aromatic hydroxyl groups is 1. The minimum absolute atomic E-state index is 0.0174. The molecule has 0 aromatic heterocycles. The van der Waals surface area contributed by atoms with Gasteiger partial charge in [0.1, 0.15) is 30.0 Å². The lowest BCUT2D eigenvalue weighted by Crippen LogP contribution is -2.23. The maximum Gasteiger partial charge on any atom is 0.211 e. The van der Waals surface area contributed by atoms with Crippen molar-refractivity contribution < 1.29 is 29.2 Å². The summed E-state index contributed by atoms with van der Waals surface area (Å²) in [6.07, 6.45) is -0.522. The number of hydrogen-bond donors (Lipinski definition) is 5. The van der Waals surface area contributed by atoms with E-state index >= 15 is 0 Å². The fraction of sp³-hybridized carbons (Fsp3) is 0.240. The second-order valence-corrected chi connectivity index (χ2v) is 7.53. The molecule has 0 aliphatic rings. The number of phenols is 1. The predicted molar refractivity (Wildman–Crippen MR) is 123 cm³/mol. The summed E-state index contributed by atoms with van der Waals surface area (Å²) in [5.41, 5.74) is 2.35. The van der Waals surface area contributed by atoms with Crippen LogP contribution in [-0.2, 0) is 11.2 Å². The van der Waals surface area contributed by atoms with E-state index in [-0.39, 0.29) is 18.0 Å². The predicted octanol–water partition coefficient (Wildman–Crippen LogP) is 3.08. The van der Waals surface area contributed by atoms with E-state index in [1.807, 2.05) is 12.1 Å². The SMILES string of the molecule is O=CNc1cc(C(O)CNCCc2ccc(OCC(O)c3cccc(F)c3)cc2)ccc1O. The fourth-order valence-electron chi connectivity index (χ4n) is 3.27. The Bertz CT molecular complexity index is 1050. The molecule has 3 aromatic rings. The molecule has 0 saturated heterocycles. The molecule has 0 bridgehead atoms. The van der Waals surface area contributed by atoms with Crippen molar-refractivity contribution >= 4 is 12.1 Å². The molecule has 0 aliphatic heterocycles. The van der Waals surface area contributed by atoms with Crippen molar-refractivity contribution in [2.75, 3.05) is 25.0 Å². The first-order valence-electron chi connectivity index (χ1n) is 10.5. The Morgan fingerprint density at radius 3 is 2.45 bits per heavy atom. The minimum Gasteiger partial charge on any atom is -0.506 e. The van der Waals surface area contributed by atoms with Crippen molar-refractivity contribution in [2.45, 2.75) is 18.6 Å². The summed E-state index contributed by atoms with van der Waals surface area (Å²) in [5.74, 6) is 0.131. The molecule has 3 rings (SSSR count). The first-order valence-corrected chi connectivity index (χ1v) is 10.5. The second kappa shape index (κ2) is 12.0. The van der Waals surface area contributed by atoms with Gasteiger partial charge >= 0.3 is 0 Å². The lowest BCUT2D eigenvalue weighted by atomic mass is 10.1. The Morgan fingerprint density at radius 2 is 1.73 bits per heavy atom. The maximum absolute atomic E-state index is 13.3. The third-order valence-electron chi connectivity index (χ3n) is 5.11. The first kappa shape index (κ1) is 24.2. The van der Waals surface area contributed by atoms with Gasteiger partial charge in [-0.15, -0.1) is 0 Å². The number of nitrogens with one attached hydrogen (secondary N) is 2. The van der Waals surface area contributed by atoms with Crippen molar-refractivity contribution in [3.05, 3.63) is 89.2 Å². The van der Waals surface area contributed by atoms with Crippen LogP contribution in [-0.4, -0.2) is 41.4 Å². The monoisotopic (exact) mass is 454 g/mol. The van der Waals surface area contributed by atoms with E-state index < -0.39 is 18.0 Å². The van der Waals surface area contributed by atoms with Gasteiger partial charge in [0, 0.05) is 6.54 Å². The minimum atomic E-state index is -0.921. The van der Waals surface area contributed by atoms with Crippen LogP contribution >= 0.6 is 0 Å². The molecule has 1 amide bonds. The number of amides is 1. The zero-order valence-electron chi connectivity index (χ0n) is 17.9. The number of aliphatic hydroxyl groups is 2. The van der Waals surface area contributed by atoms with Crippen LogP contribution in [0.2, 0.25) is 0 Å². The summed E-state index contributed by atoms with van der Waals surface area (Å²) in [7, 11) is 0. The Kier molecular flexibility index (Phi) is 8.77. The maximum atomic E-state index is 13.3. The standard InChI is InChI=1S/C25H27FN2O5/c26-20-3-1-2-18(12-20)25(32)15-33-21-7-4-17(5-8-21)10-11-27-14-24(31)19-6-9-23(30)22(13-19)28-16-29/h1-9,12-13,16,24-25,27,30-32H,10-11,14-15H2,(H,28,29). The van der Waals surface area contributed by atoms with Crippen LogP contribution in [0.25, 0.3) is 0 Å². The highest BCUT2D eigenvalue weighted by Crippen LogP contribution is 2.26. The number of carbonyl (C=O) groups excluding carboxylic acids is 1. The summed E-state index contributed by atoms with van der Waals surface area (Å²) in [6, 6.07) is 17.8. The highest BCUT2D eigenvalue weighted by atomic mass is 19.1. The molecule has 5 N–H and O–H groups in total. The zero-order valence-corrected chi connectivity index (χ0v) is 17.9. The first-order chi connectivity index (χ1) is 16.0. The van der Waals surface area contributed by atoms with Gasteiger partial charge in [-0.05, 0) is 66.1 Å². The number of aliphatic hydroxyl groups excluding tert-OH is 2. The van der Waals surface area contributed by atoms with Crippen LogP contribution in [0.1, 0.15) is 28.9 Å². The van der Waals surface area contributed by atoms with Crippen LogP contribution in [0.3, 0.4) is 0 Å². The molecule has 0 saturated carbocycles. The van der Waals surface area contributed by atoms with E-state index in [4.69, 9.17) is 4.74 Å². The number of halogens is 1. The van der Waals surface area contributed by atoms with Crippen LogP contribution in [0, 0.1) is 5.82 Å². The molecule has 0 heterocycles. The highest BCUT2D eigenvalue weighted by molar-refractivity contribution is 5.75. The van der Waals surface area contributed by atoms with E-state index in [9.17, 15) is 24.5 Å². The van der Waals surface area contributed by atoms with Crippen LogP contribution < -0.4 is 15.4 Å². The van der Waals surface area contributed by atoms with Crippen molar-refractivity contribution in [1.82, 2.24) is 5.32 Å². The Morgan fingerprint density at radius 1 is 0.970 bits per heavy atom. The number of hydrogen-bond acceptors (Lipinski definition) is 6. The number of carbonyl (C=O) groups is 1. The molecule has 0 radical (unpaired) electrons. The average Bonchev–Trinajstić information content (AvgIpc) is 2.82. The molecule has 2 unspecified atom stereocenters. The molecule has 8 heteroatoms. The molecule has 2 atom stereocenters. The Balaban J connectivity index is 1.40. The highest BCUT2D eigenvalue weighted by Gasteiger charge is 2.11. The third kappa shape index (κ3) is 7.28. The quantitative estimate of drug-likeness (QED) is 0.163. The van der Waals surface area contributed by atoms with Crippen LogP contribution in [0.4, 0.5) is 10.1 Å². The Labute approximate surface area is 191 Å². The van der Waals surface area contributed by atoms with Crippen molar-refractivity contribution in [3.63, 3.8) is 0 Å². The molecule has 0 spiro atoms. The Hall–Kier alpha value is -3.46. The fourth-order valence-corrected chi connectivity index (χ4v) is 3.27. The van der Waals surface area contributed by atoms with Gasteiger partial charge in [-0.1, -0.05) is 30.3 Å². The van der Waals surface area contributed by atoms with Gasteiger partial charge in [0.25, 0.3) is 0 Å². The van der Waals surface area contributed by atoms with E-state index in [1.54, 1.807) is 30.3 Å². The van der Waals surface area contributed by atoms with Gasteiger partial charge in [0.2, 0.25) is 6.41 Å². The number of ether oxygens (including phenoxy) is 1. The van der Waals surface area contributed by atoms with E-state index in [2.05, 4.69) is 10.6 Å².